The lowest BCUT2D eigenvalue weighted by Crippen LogP contribution is -2.38. The van der Waals surface area contributed by atoms with E-state index in [0.717, 1.165) is 31.6 Å². The molecule has 0 bridgehead atoms. The molecule has 138 valence electrons. The molecule has 0 saturated heterocycles. The number of aryl methyl sites for hydroxylation is 1. The van der Waals surface area contributed by atoms with Gasteiger partial charge in [-0.1, -0.05) is 36.4 Å². The minimum Gasteiger partial charge on any atom is -0.494 e. The second-order valence-electron chi connectivity index (χ2n) is 6.96. The molecule has 1 atom stereocenters. The zero-order chi connectivity index (χ0) is 18.4. The van der Waals surface area contributed by atoms with Gasteiger partial charge in [-0.3, -0.25) is 9.69 Å². The van der Waals surface area contributed by atoms with Crippen LogP contribution in [0.5, 0.6) is 5.75 Å². The van der Waals surface area contributed by atoms with Gasteiger partial charge in [0.25, 0.3) is 0 Å². The first-order valence-corrected chi connectivity index (χ1v) is 9.43. The summed E-state index contributed by atoms with van der Waals surface area (Å²) in [6.07, 6.45) is 3.26. The van der Waals surface area contributed by atoms with E-state index < -0.39 is 0 Å². The van der Waals surface area contributed by atoms with E-state index in [1.807, 2.05) is 31.0 Å². The Morgan fingerprint density at radius 1 is 1.19 bits per heavy atom. The number of likely N-dealkylation sites (N-methyl/N-ethyl adjacent to an activating group) is 1. The quantitative estimate of drug-likeness (QED) is 0.826. The Hall–Kier alpha value is -2.33. The number of carbonyl (C=O) groups excluding carboxylic acids is 1. The highest BCUT2D eigenvalue weighted by Crippen LogP contribution is 2.29. The third kappa shape index (κ3) is 4.85. The van der Waals surface area contributed by atoms with Gasteiger partial charge >= 0.3 is 0 Å². The van der Waals surface area contributed by atoms with Crippen molar-refractivity contribution in [2.75, 3.05) is 20.2 Å². The lowest BCUT2D eigenvalue weighted by Gasteiger charge is -2.27. The molecule has 1 aliphatic carbocycles. The van der Waals surface area contributed by atoms with Crippen molar-refractivity contribution in [2.45, 2.75) is 38.8 Å². The Morgan fingerprint density at radius 2 is 1.96 bits per heavy atom. The third-order valence-corrected chi connectivity index (χ3v) is 4.81. The summed E-state index contributed by atoms with van der Waals surface area (Å²) in [6, 6.07) is 16.7. The molecule has 0 saturated carbocycles. The van der Waals surface area contributed by atoms with Gasteiger partial charge in [0.15, 0.2) is 0 Å². The van der Waals surface area contributed by atoms with E-state index in [9.17, 15) is 4.79 Å². The van der Waals surface area contributed by atoms with Crippen molar-refractivity contribution in [1.82, 2.24) is 10.2 Å². The van der Waals surface area contributed by atoms with E-state index in [-0.39, 0.29) is 11.9 Å². The molecular weight excluding hydrogens is 324 g/mol. The van der Waals surface area contributed by atoms with Gasteiger partial charge < -0.3 is 10.1 Å². The molecule has 1 aliphatic rings. The van der Waals surface area contributed by atoms with Crippen molar-refractivity contribution in [3.63, 3.8) is 0 Å². The van der Waals surface area contributed by atoms with Crippen molar-refractivity contribution in [3.8, 4) is 5.75 Å². The number of amides is 1. The maximum atomic E-state index is 12.5. The molecule has 0 aliphatic heterocycles. The molecule has 3 rings (SSSR count). The number of hydrogen-bond acceptors (Lipinski definition) is 3. The highest BCUT2D eigenvalue weighted by atomic mass is 16.5. The number of carbonyl (C=O) groups is 1. The van der Waals surface area contributed by atoms with Gasteiger partial charge in [0.2, 0.25) is 5.91 Å². The lowest BCUT2D eigenvalue weighted by molar-refractivity contribution is -0.122. The summed E-state index contributed by atoms with van der Waals surface area (Å²) in [5.74, 6) is 0.966. The molecule has 0 heterocycles. The van der Waals surface area contributed by atoms with Crippen LogP contribution in [0.15, 0.2) is 48.5 Å². The zero-order valence-corrected chi connectivity index (χ0v) is 15.7. The van der Waals surface area contributed by atoms with Gasteiger partial charge in [-0.25, -0.2) is 0 Å². The minimum absolute atomic E-state index is 0.0835. The van der Waals surface area contributed by atoms with Crippen LogP contribution in [0.25, 0.3) is 0 Å². The monoisotopic (exact) mass is 352 g/mol. The van der Waals surface area contributed by atoms with Gasteiger partial charge in [0, 0.05) is 6.54 Å². The van der Waals surface area contributed by atoms with Crippen molar-refractivity contribution < 1.29 is 9.53 Å². The van der Waals surface area contributed by atoms with Gasteiger partial charge in [0.1, 0.15) is 5.75 Å². The van der Waals surface area contributed by atoms with E-state index in [1.54, 1.807) is 0 Å². The molecule has 4 nitrogen and oxygen atoms in total. The number of nitrogens with zero attached hydrogens (tertiary/aromatic N) is 1. The van der Waals surface area contributed by atoms with E-state index in [1.165, 1.54) is 16.7 Å². The highest BCUT2D eigenvalue weighted by molar-refractivity contribution is 5.78. The van der Waals surface area contributed by atoms with E-state index in [2.05, 4.69) is 41.7 Å². The summed E-state index contributed by atoms with van der Waals surface area (Å²) < 4.78 is 5.47. The Morgan fingerprint density at radius 3 is 2.73 bits per heavy atom. The second-order valence-corrected chi connectivity index (χ2v) is 6.96. The smallest absolute Gasteiger partial charge is 0.234 e. The number of ether oxygens (including phenoxy) is 1. The summed E-state index contributed by atoms with van der Waals surface area (Å²) >= 11 is 0. The summed E-state index contributed by atoms with van der Waals surface area (Å²) in [7, 11) is 1.98. The van der Waals surface area contributed by atoms with Crippen molar-refractivity contribution in [2.24, 2.45) is 0 Å². The largest absolute Gasteiger partial charge is 0.494 e. The molecule has 2 aromatic rings. The fraction of sp³-hybridized carbons (Fsp3) is 0.409. The van der Waals surface area contributed by atoms with Crippen molar-refractivity contribution in [3.05, 3.63) is 65.2 Å². The Labute approximate surface area is 156 Å². The molecule has 0 fully saturated rings. The first-order valence-electron chi connectivity index (χ1n) is 9.43. The first-order chi connectivity index (χ1) is 12.7. The summed E-state index contributed by atoms with van der Waals surface area (Å²) in [6.45, 7) is 3.78. The van der Waals surface area contributed by atoms with Gasteiger partial charge in [-0.2, -0.15) is 0 Å². The van der Waals surface area contributed by atoms with Gasteiger partial charge in [-0.15, -0.1) is 0 Å². The molecule has 2 aromatic carbocycles. The lowest BCUT2D eigenvalue weighted by atomic mass is 9.88. The Balaban J connectivity index is 1.52. The van der Waals surface area contributed by atoms with Crippen LogP contribution in [0.2, 0.25) is 0 Å². The average Bonchev–Trinajstić information content (AvgIpc) is 2.64. The molecular formula is C22H28N2O2. The summed E-state index contributed by atoms with van der Waals surface area (Å²) in [5, 5.41) is 3.22. The molecule has 0 radical (unpaired) electrons. The molecule has 0 spiro atoms. The number of fused-ring (bicyclic) bond motifs is 1. The summed E-state index contributed by atoms with van der Waals surface area (Å²) in [4.78, 5) is 14.5. The molecule has 1 N–H and O–H groups in total. The maximum Gasteiger partial charge on any atom is 0.234 e. The predicted molar refractivity (Wildman–Crippen MR) is 104 cm³/mol. The Bertz CT molecular complexity index is 727. The molecule has 0 aromatic heterocycles. The number of rotatable bonds is 7. The van der Waals surface area contributed by atoms with Gasteiger partial charge in [-0.05, 0) is 62.1 Å². The average molecular weight is 352 g/mol. The number of hydrogen-bond donors (Lipinski definition) is 1. The van der Waals surface area contributed by atoms with Crippen LogP contribution in [0.3, 0.4) is 0 Å². The number of nitrogens with one attached hydrogen (secondary N) is 1. The molecule has 1 amide bonds. The van der Waals surface area contributed by atoms with Crippen LogP contribution < -0.4 is 10.1 Å². The SMILES string of the molecule is CCOc1ccc(CN(C)CC(=O)N[C@H]2CCCc3ccccc32)cc1. The zero-order valence-electron chi connectivity index (χ0n) is 15.7. The van der Waals surface area contributed by atoms with E-state index in [0.29, 0.717) is 13.2 Å². The normalized spacial score (nSPS) is 16.2. The number of benzene rings is 2. The van der Waals surface area contributed by atoms with Crippen LogP contribution >= 0.6 is 0 Å². The molecule has 26 heavy (non-hydrogen) atoms. The minimum atomic E-state index is 0.0835. The van der Waals surface area contributed by atoms with Crippen LogP contribution in [-0.4, -0.2) is 31.0 Å². The highest BCUT2D eigenvalue weighted by Gasteiger charge is 2.21. The van der Waals surface area contributed by atoms with Crippen molar-refractivity contribution in [1.29, 1.82) is 0 Å². The van der Waals surface area contributed by atoms with Crippen LogP contribution in [-0.2, 0) is 17.8 Å². The van der Waals surface area contributed by atoms with E-state index >= 15 is 0 Å². The predicted octanol–water partition coefficient (Wildman–Crippen LogP) is 3.71. The maximum absolute atomic E-state index is 12.5. The fourth-order valence-corrected chi connectivity index (χ4v) is 3.61. The van der Waals surface area contributed by atoms with Crippen LogP contribution in [0, 0.1) is 0 Å². The van der Waals surface area contributed by atoms with Crippen molar-refractivity contribution >= 4 is 5.91 Å². The molecule has 0 unspecified atom stereocenters. The topological polar surface area (TPSA) is 41.6 Å². The van der Waals surface area contributed by atoms with E-state index in [4.69, 9.17) is 4.74 Å². The summed E-state index contributed by atoms with van der Waals surface area (Å²) in [5.41, 5.74) is 3.82. The Kier molecular flexibility index (Phi) is 6.29. The standard InChI is InChI=1S/C22H28N2O2/c1-3-26-19-13-11-17(12-14-19)15-24(2)16-22(25)23-21-10-6-8-18-7-4-5-9-20(18)21/h4-5,7,9,11-14,21H,3,6,8,10,15-16H2,1-2H3,(H,23,25)/t21-/m0/s1. The first kappa shape index (κ1) is 18.5. The van der Waals surface area contributed by atoms with Crippen LogP contribution in [0.1, 0.15) is 42.5 Å². The van der Waals surface area contributed by atoms with Crippen LogP contribution in [0.4, 0.5) is 0 Å². The van der Waals surface area contributed by atoms with Gasteiger partial charge in [0.05, 0.1) is 19.2 Å². The molecule has 4 heteroatoms. The fourth-order valence-electron chi connectivity index (χ4n) is 3.61. The second kappa shape index (κ2) is 8.86. The third-order valence-electron chi connectivity index (χ3n) is 4.81.